The van der Waals surface area contributed by atoms with Crippen molar-refractivity contribution in [3.05, 3.63) is 70.8 Å². The SMILES string of the molecule is O=C1CCc2c1c1c(c3[nH]c4ccccc4c23)Cc2ccccc2-1. The lowest BCUT2D eigenvalue weighted by Gasteiger charge is -2.10. The molecule has 1 heterocycles. The van der Waals surface area contributed by atoms with Gasteiger partial charge >= 0.3 is 0 Å². The number of aromatic nitrogens is 1. The van der Waals surface area contributed by atoms with Crippen LogP contribution in [0.2, 0.25) is 0 Å². The van der Waals surface area contributed by atoms with Gasteiger partial charge < -0.3 is 4.98 Å². The summed E-state index contributed by atoms with van der Waals surface area (Å²) in [5.41, 5.74) is 9.73. The number of hydrogen-bond donors (Lipinski definition) is 1. The van der Waals surface area contributed by atoms with Crippen molar-refractivity contribution >= 4 is 27.6 Å². The predicted molar refractivity (Wildman–Crippen MR) is 96.7 cm³/mol. The molecule has 4 aromatic rings. The van der Waals surface area contributed by atoms with E-state index in [0.29, 0.717) is 12.2 Å². The van der Waals surface area contributed by atoms with E-state index in [1.54, 1.807) is 0 Å². The Labute approximate surface area is 139 Å². The zero-order chi connectivity index (χ0) is 15.8. The van der Waals surface area contributed by atoms with Crippen molar-refractivity contribution in [2.45, 2.75) is 19.3 Å². The number of para-hydroxylation sites is 1. The zero-order valence-corrected chi connectivity index (χ0v) is 13.1. The van der Waals surface area contributed by atoms with Gasteiger partial charge in [0.15, 0.2) is 5.78 Å². The van der Waals surface area contributed by atoms with Crippen molar-refractivity contribution in [1.82, 2.24) is 4.98 Å². The van der Waals surface area contributed by atoms with Gasteiger partial charge in [-0.05, 0) is 40.3 Å². The molecule has 0 bridgehead atoms. The van der Waals surface area contributed by atoms with Gasteiger partial charge in [0.25, 0.3) is 0 Å². The third-order valence-corrected chi connectivity index (χ3v) is 5.70. The molecule has 0 saturated heterocycles. The number of rotatable bonds is 0. The van der Waals surface area contributed by atoms with E-state index in [9.17, 15) is 4.79 Å². The first-order valence-electron chi connectivity index (χ1n) is 8.52. The molecule has 6 rings (SSSR count). The molecule has 2 aliphatic rings. The Kier molecular flexibility index (Phi) is 2.17. The molecule has 0 amide bonds. The van der Waals surface area contributed by atoms with E-state index >= 15 is 0 Å². The molecule has 1 aromatic heterocycles. The standard InChI is InChI=1S/C22H15NO/c24-18-10-9-15-20-14-7-3-4-8-17(14)23-22(20)16-11-12-5-1-2-6-13(12)19(16)21(15)18/h1-8,23H,9-11H2. The largest absolute Gasteiger partial charge is 0.354 e. The van der Waals surface area contributed by atoms with E-state index in [1.807, 2.05) is 0 Å². The highest BCUT2D eigenvalue weighted by atomic mass is 16.1. The summed E-state index contributed by atoms with van der Waals surface area (Å²) in [6.07, 6.45) is 2.42. The summed E-state index contributed by atoms with van der Waals surface area (Å²) in [6.45, 7) is 0. The van der Waals surface area contributed by atoms with Crippen molar-refractivity contribution < 1.29 is 4.79 Å². The van der Waals surface area contributed by atoms with Crippen LogP contribution in [0.5, 0.6) is 0 Å². The highest BCUT2D eigenvalue weighted by Gasteiger charge is 2.34. The summed E-state index contributed by atoms with van der Waals surface area (Å²) in [7, 11) is 0. The Hall–Kier alpha value is -2.87. The molecule has 24 heavy (non-hydrogen) atoms. The molecule has 0 spiro atoms. The minimum absolute atomic E-state index is 0.310. The lowest BCUT2D eigenvalue weighted by atomic mass is 9.92. The van der Waals surface area contributed by atoms with E-state index < -0.39 is 0 Å². The van der Waals surface area contributed by atoms with E-state index in [2.05, 4.69) is 53.5 Å². The zero-order valence-electron chi connectivity index (χ0n) is 13.1. The van der Waals surface area contributed by atoms with Gasteiger partial charge in [-0.15, -0.1) is 0 Å². The maximum Gasteiger partial charge on any atom is 0.164 e. The molecule has 2 nitrogen and oxygen atoms in total. The van der Waals surface area contributed by atoms with E-state index in [1.165, 1.54) is 49.6 Å². The summed E-state index contributed by atoms with van der Waals surface area (Å²) < 4.78 is 0. The number of carbonyl (C=O) groups excluding carboxylic acids is 1. The number of nitrogens with one attached hydrogen (secondary N) is 1. The maximum atomic E-state index is 12.7. The van der Waals surface area contributed by atoms with Gasteiger partial charge in [0.2, 0.25) is 0 Å². The van der Waals surface area contributed by atoms with Crippen LogP contribution in [0.3, 0.4) is 0 Å². The second-order valence-electron chi connectivity index (χ2n) is 6.88. The molecule has 0 atom stereocenters. The fraction of sp³-hybridized carbons (Fsp3) is 0.136. The molecule has 2 heteroatoms. The number of aryl methyl sites for hydroxylation is 1. The molecule has 0 aliphatic heterocycles. The second-order valence-corrected chi connectivity index (χ2v) is 6.88. The number of fused-ring (bicyclic) bond motifs is 10. The smallest absolute Gasteiger partial charge is 0.164 e. The minimum atomic E-state index is 0.310. The quantitative estimate of drug-likeness (QED) is 0.428. The molecule has 0 fully saturated rings. The first-order valence-corrected chi connectivity index (χ1v) is 8.52. The number of benzene rings is 3. The molecule has 1 N–H and O–H groups in total. The minimum Gasteiger partial charge on any atom is -0.354 e. The van der Waals surface area contributed by atoms with E-state index in [-0.39, 0.29) is 0 Å². The monoisotopic (exact) mass is 309 g/mol. The first kappa shape index (κ1) is 12.5. The fourth-order valence-corrected chi connectivity index (χ4v) is 4.74. The van der Waals surface area contributed by atoms with Crippen molar-refractivity contribution in [2.75, 3.05) is 0 Å². The normalized spacial score (nSPS) is 15.1. The summed E-state index contributed by atoms with van der Waals surface area (Å²) >= 11 is 0. The number of ketones is 1. The molecular weight excluding hydrogens is 294 g/mol. The predicted octanol–water partition coefficient (Wildman–Crippen LogP) is 5.02. The van der Waals surface area contributed by atoms with Crippen molar-refractivity contribution in [3.8, 4) is 11.1 Å². The van der Waals surface area contributed by atoms with Crippen molar-refractivity contribution in [1.29, 1.82) is 0 Å². The Morgan fingerprint density at radius 1 is 0.833 bits per heavy atom. The van der Waals surface area contributed by atoms with Crippen LogP contribution in [-0.2, 0) is 12.8 Å². The lowest BCUT2D eigenvalue weighted by molar-refractivity contribution is 0.0995. The van der Waals surface area contributed by atoms with Gasteiger partial charge in [-0.1, -0.05) is 42.5 Å². The molecule has 0 unspecified atom stereocenters. The molecule has 2 aliphatic carbocycles. The van der Waals surface area contributed by atoms with Crippen LogP contribution in [0.4, 0.5) is 0 Å². The Morgan fingerprint density at radius 2 is 1.67 bits per heavy atom. The van der Waals surface area contributed by atoms with E-state index in [4.69, 9.17) is 0 Å². The van der Waals surface area contributed by atoms with Crippen LogP contribution in [0.15, 0.2) is 48.5 Å². The van der Waals surface area contributed by atoms with E-state index in [0.717, 1.165) is 18.4 Å². The average molecular weight is 309 g/mol. The van der Waals surface area contributed by atoms with Gasteiger partial charge in [-0.2, -0.15) is 0 Å². The Bertz CT molecular complexity index is 1200. The number of hydrogen-bond acceptors (Lipinski definition) is 1. The third kappa shape index (κ3) is 1.35. The van der Waals surface area contributed by atoms with Gasteiger partial charge in [0.1, 0.15) is 0 Å². The highest BCUT2D eigenvalue weighted by Crippen LogP contribution is 2.48. The fourth-order valence-electron chi connectivity index (χ4n) is 4.74. The summed E-state index contributed by atoms with van der Waals surface area (Å²) in [5.74, 6) is 0.310. The van der Waals surface area contributed by atoms with Crippen molar-refractivity contribution in [2.24, 2.45) is 0 Å². The van der Waals surface area contributed by atoms with Crippen LogP contribution in [0.1, 0.15) is 33.5 Å². The van der Waals surface area contributed by atoms with Gasteiger partial charge in [0, 0.05) is 34.7 Å². The number of Topliss-reactive ketones (excluding diaryl/α,β-unsaturated/α-hetero) is 1. The summed E-state index contributed by atoms with van der Waals surface area (Å²) in [5, 5.41) is 2.52. The van der Waals surface area contributed by atoms with Crippen LogP contribution in [0, 0.1) is 0 Å². The van der Waals surface area contributed by atoms with Crippen LogP contribution < -0.4 is 0 Å². The Morgan fingerprint density at radius 3 is 2.62 bits per heavy atom. The van der Waals surface area contributed by atoms with Gasteiger partial charge in [-0.3, -0.25) is 4.79 Å². The lowest BCUT2D eigenvalue weighted by Crippen LogP contribution is -1.98. The topological polar surface area (TPSA) is 32.9 Å². The number of aromatic amines is 1. The molecule has 114 valence electrons. The molecule has 3 aromatic carbocycles. The van der Waals surface area contributed by atoms with Crippen molar-refractivity contribution in [3.63, 3.8) is 0 Å². The molecule has 0 saturated carbocycles. The van der Waals surface area contributed by atoms with Gasteiger partial charge in [-0.25, -0.2) is 0 Å². The van der Waals surface area contributed by atoms with Crippen LogP contribution in [-0.4, -0.2) is 10.8 Å². The maximum absolute atomic E-state index is 12.7. The average Bonchev–Trinajstić information content (AvgIpc) is 3.27. The molecular formula is C22H15NO. The van der Waals surface area contributed by atoms with Crippen LogP contribution >= 0.6 is 0 Å². The summed E-state index contributed by atoms with van der Waals surface area (Å²) in [6, 6.07) is 17.0. The highest BCUT2D eigenvalue weighted by molar-refractivity contribution is 6.20. The van der Waals surface area contributed by atoms with Gasteiger partial charge in [0.05, 0.1) is 5.52 Å². The number of H-pyrrole nitrogens is 1. The first-order chi connectivity index (χ1) is 11.8. The third-order valence-electron chi connectivity index (χ3n) is 5.70. The second kappa shape index (κ2) is 4.15. The Balaban J connectivity index is 1.89. The summed E-state index contributed by atoms with van der Waals surface area (Å²) in [4.78, 5) is 16.4. The van der Waals surface area contributed by atoms with Crippen LogP contribution in [0.25, 0.3) is 32.9 Å². The number of carbonyl (C=O) groups is 1. The molecule has 0 radical (unpaired) electrons.